The summed E-state index contributed by atoms with van der Waals surface area (Å²) in [5.41, 5.74) is 5.91. The average Bonchev–Trinajstić information content (AvgIpc) is 2.42. The van der Waals surface area contributed by atoms with Crippen LogP contribution in [0.15, 0.2) is 42.0 Å². The lowest BCUT2D eigenvalue weighted by Crippen LogP contribution is -2.16. The number of benzene rings is 1. The van der Waals surface area contributed by atoms with Gasteiger partial charge in [0.15, 0.2) is 0 Å². The maximum absolute atomic E-state index is 2.47. The third-order valence-electron chi connectivity index (χ3n) is 4.38. The first-order chi connectivity index (χ1) is 9.17. The molecule has 1 aliphatic rings. The van der Waals surface area contributed by atoms with Crippen LogP contribution in [0.4, 0.5) is 0 Å². The lowest BCUT2D eigenvalue weighted by atomic mass is 9.74. The maximum Gasteiger partial charge on any atom is 0.00254 e. The van der Waals surface area contributed by atoms with Gasteiger partial charge in [0.05, 0.1) is 0 Å². The number of hydrogen-bond acceptors (Lipinski definition) is 0. The molecule has 1 aromatic carbocycles. The molecule has 0 saturated carbocycles. The van der Waals surface area contributed by atoms with Crippen LogP contribution < -0.4 is 0 Å². The van der Waals surface area contributed by atoms with Crippen molar-refractivity contribution in [3.63, 3.8) is 0 Å². The lowest BCUT2D eigenvalue weighted by Gasteiger charge is -2.31. The van der Waals surface area contributed by atoms with Gasteiger partial charge in [0.1, 0.15) is 0 Å². The van der Waals surface area contributed by atoms with Gasteiger partial charge < -0.3 is 0 Å². The molecular weight excluding hydrogens is 228 g/mol. The Labute approximate surface area is 118 Å². The van der Waals surface area contributed by atoms with E-state index in [1.807, 2.05) is 0 Å². The number of aryl methyl sites for hydroxylation is 1. The number of allylic oxidation sites excluding steroid dienone is 4. The third-order valence-corrected chi connectivity index (χ3v) is 4.38. The van der Waals surface area contributed by atoms with Gasteiger partial charge in [-0.1, -0.05) is 68.3 Å². The molecule has 2 atom stereocenters. The van der Waals surface area contributed by atoms with Crippen LogP contribution in [-0.2, 0) is 0 Å². The molecule has 1 aliphatic carbocycles. The predicted molar refractivity (Wildman–Crippen MR) is 85.1 cm³/mol. The molecule has 0 nitrogen and oxygen atoms in total. The highest BCUT2D eigenvalue weighted by Crippen LogP contribution is 2.40. The van der Waals surface area contributed by atoms with Crippen molar-refractivity contribution in [2.75, 3.05) is 0 Å². The fraction of sp³-hybridized carbons (Fsp3) is 0.474. The first-order valence-electron chi connectivity index (χ1n) is 7.64. The minimum Gasteiger partial charge on any atom is -0.0847 e. The van der Waals surface area contributed by atoms with Crippen molar-refractivity contribution in [2.45, 2.75) is 47.0 Å². The van der Waals surface area contributed by atoms with Crippen LogP contribution in [0.25, 0.3) is 5.57 Å². The van der Waals surface area contributed by atoms with E-state index >= 15 is 0 Å². The van der Waals surface area contributed by atoms with E-state index in [0.29, 0.717) is 5.92 Å². The van der Waals surface area contributed by atoms with E-state index in [4.69, 9.17) is 0 Å². The molecule has 2 unspecified atom stereocenters. The van der Waals surface area contributed by atoms with E-state index in [-0.39, 0.29) is 0 Å². The third kappa shape index (κ3) is 3.00. The van der Waals surface area contributed by atoms with Crippen molar-refractivity contribution >= 4 is 5.57 Å². The molecule has 0 heteroatoms. The molecule has 0 heterocycles. The van der Waals surface area contributed by atoms with Gasteiger partial charge in [-0.15, -0.1) is 0 Å². The average molecular weight is 254 g/mol. The molecule has 0 aliphatic heterocycles. The Morgan fingerprint density at radius 1 is 1.16 bits per heavy atom. The van der Waals surface area contributed by atoms with Gasteiger partial charge in [0, 0.05) is 5.92 Å². The summed E-state index contributed by atoms with van der Waals surface area (Å²) in [6.07, 6.45) is 8.54. The van der Waals surface area contributed by atoms with Crippen LogP contribution in [-0.4, -0.2) is 0 Å². The predicted octanol–water partition coefficient (Wildman–Crippen LogP) is 5.78. The largest absolute Gasteiger partial charge is 0.0847 e. The van der Waals surface area contributed by atoms with E-state index in [9.17, 15) is 0 Å². The monoisotopic (exact) mass is 254 g/mol. The van der Waals surface area contributed by atoms with Gasteiger partial charge in [-0.25, -0.2) is 0 Å². The van der Waals surface area contributed by atoms with Crippen molar-refractivity contribution in [3.05, 3.63) is 53.1 Å². The smallest absolute Gasteiger partial charge is 0.00254 e. The Hall–Kier alpha value is -1.30. The normalized spacial score (nSPS) is 25.5. The fourth-order valence-corrected chi connectivity index (χ4v) is 3.21. The SMILES string of the molecule is CC/C=C1\C(CC)CC=C(c2ccc(C)cc2)C1C. The van der Waals surface area contributed by atoms with Crippen molar-refractivity contribution in [1.82, 2.24) is 0 Å². The standard InChI is InChI=1S/C19H26/c1-5-7-18-15(4)19(13-12-16(18)6-2)17-10-8-14(3)9-11-17/h7-11,13,15-16H,5-6,12H2,1-4H3/b18-7-. The van der Waals surface area contributed by atoms with Gasteiger partial charge in [0.2, 0.25) is 0 Å². The molecule has 2 rings (SSSR count). The van der Waals surface area contributed by atoms with Crippen molar-refractivity contribution < 1.29 is 0 Å². The minimum atomic E-state index is 0.571. The second-order valence-electron chi connectivity index (χ2n) is 5.70. The van der Waals surface area contributed by atoms with Crippen LogP contribution in [0.3, 0.4) is 0 Å². The Morgan fingerprint density at radius 3 is 2.42 bits per heavy atom. The quantitative estimate of drug-likeness (QED) is 0.600. The van der Waals surface area contributed by atoms with Crippen LogP contribution in [0.5, 0.6) is 0 Å². The molecule has 0 radical (unpaired) electrons. The fourth-order valence-electron chi connectivity index (χ4n) is 3.21. The van der Waals surface area contributed by atoms with Gasteiger partial charge in [-0.3, -0.25) is 0 Å². The second kappa shape index (κ2) is 6.23. The highest BCUT2D eigenvalue weighted by Gasteiger charge is 2.25. The Morgan fingerprint density at radius 2 is 1.84 bits per heavy atom. The Bertz CT molecular complexity index is 473. The lowest BCUT2D eigenvalue weighted by molar-refractivity contribution is 0.535. The van der Waals surface area contributed by atoms with Crippen LogP contribution in [0.2, 0.25) is 0 Å². The number of hydrogen-bond donors (Lipinski definition) is 0. The molecule has 0 fully saturated rings. The summed E-state index contributed by atoms with van der Waals surface area (Å²) < 4.78 is 0. The van der Waals surface area contributed by atoms with Gasteiger partial charge in [0.25, 0.3) is 0 Å². The Kier molecular flexibility index (Phi) is 4.63. The van der Waals surface area contributed by atoms with Crippen molar-refractivity contribution in [3.8, 4) is 0 Å². The highest BCUT2D eigenvalue weighted by molar-refractivity contribution is 5.71. The minimum absolute atomic E-state index is 0.571. The van der Waals surface area contributed by atoms with Crippen LogP contribution >= 0.6 is 0 Å². The van der Waals surface area contributed by atoms with E-state index in [1.165, 1.54) is 29.5 Å². The molecule has 102 valence electrons. The summed E-state index contributed by atoms with van der Waals surface area (Å²) in [5.74, 6) is 1.32. The molecule has 0 spiro atoms. The van der Waals surface area contributed by atoms with E-state index in [2.05, 4.69) is 64.1 Å². The summed E-state index contributed by atoms with van der Waals surface area (Å²) in [7, 11) is 0. The Balaban J connectivity index is 2.34. The topological polar surface area (TPSA) is 0 Å². The summed E-state index contributed by atoms with van der Waals surface area (Å²) >= 11 is 0. The van der Waals surface area contributed by atoms with Gasteiger partial charge in [-0.05, 0) is 43.2 Å². The van der Waals surface area contributed by atoms with Gasteiger partial charge >= 0.3 is 0 Å². The zero-order chi connectivity index (χ0) is 13.8. The van der Waals surface area contributed by atoms with Crippen molar-refractivity contribution in [2.24, 2.45) is 11.8 Å². The molecular formula is C19H26. The maximum atomic E-state index is 2.47. The first kappa shape index (κ1) is 14.1. The number of rotatable bonds is 3. The zero-order valence-electron chi connectivity index (χ0n) is 12.7. The molecule has 0 N–H and O–H groups in total. The molecule has 0 aromatic heterocycles. The van der Waals surface area contributed by atoms with E-state index in [1.54, 1.807) is 5.57 Å². The molecule has 0 saturated heterocycles. The summed E-state index contributed by atoms with van der Waals surface area (Å²) in [4.78, 5) is 0. The molecule has 1 aromatic rings. The first-order valence-corrected chi connectivity index (χ1v) is 7.64. The van der Waals surface area contributed by atoms with Crippen molar-refractivity contribution in [1.29, 1.82) is 0 Å². The van der Waals surface area contributed by atoms with Crippen LogP contribution in [0, 0.1) is 18.8 Å². The van der Waals surface area contributed by atoms with E-state index < -0.39 is 0 Å². The zero-order valence-corrected chi connectivity index (χ0v) is 12.7. The second-order valence-corrected chi connectivity index (χ2v) is 5.70. The van der Waals surface area contributed by atoms with Crippen LogP contribution in [0.1, 0.15) is 51.2 Å². The van der Waals surface area contributed by atoms with Gasteiger partial charge in [-0.2, -0.15) is 0 Å². The summed E-state index contributed by atoms with van der Waals surface area (Å²) in [5, 5.41) is 0. The highest BCUT2D eigenvalue weighted by atomic mass is 14.3. The summed E-state index contributed by atoms with van der Waals surface area (Å²) in [6, 6.07) is 8.98. The molecule has 19 heavy (non-hydrogen) atoms. The molecule has 0 amide bonds. The van der Waals surface area contributed by atoms with E-state index in [0.717, 1.165) is 12.3 Å². The molecule has 0 bridgehead atoms. The summed E-state index contributed by atoms with van der Waals surface area (Å²) in [6.45, 7) is 9.08.